The van der Waals surface area contributed by atoms with Crippen LogP contribution in [0.15, 0.2) is 35.4 Å². The van der Waals surface area contributed by atoms with Crippen molar-refractivity contribution in [1.82, 2.24) is 9.80 Å². The summed E-state index contributed by atoms with van der Waals surface area (Å²) in [4.78, 5) is 11.6. The number of halogens is 1. The number of amides is 1. The van der Waals surface area contributed by atoms with Crippen molar-refractivity contribution in [1.29, 1.82) is 0 Å². The topological polar surface area (TPSA) is 54.4 Å². The van der Waals surface area contributed by atoms with Crippen LogP contribution in [0.5, 0.6) is 0 Å². The lowest BCUT2D eigenvalue weighted by molar-refractivity contribution is 0.0953. The van der Waals surface area contributed by atoms with Gasteiger partial charge in [0.1, 0.15) is 0 Å². The van der Waals surface area contributed by atoms with E-state index in [-0.39, 0.29) is 5.91 Å². The van der Waals surface area contributed by atoms with E-state index in [1.54, 1.807) is 24.3 Å². The number of rotatable bonds is 2. The molecule has 4 nitrogen and oxygen atoms in total. The molecule has 0 unspecified atom stereocenters. The smallest absolute Gasteiger partial charge is 0.267 e. The molecule has 0 bridgehead atoms. The molecule has 0 aliphatic heterocycles. The number of aromatic nitrogens is 1. The molecule has 7 heteroatoms. The number of hydrogen-bond donors (Lipinski definition) is 1. The van der Waals surface area contributed by atoms with Gasteiger partial charge in [0.2, 0.25) is 0 Å². The van der Waals surface area contributed by atoms with E-state index >= 15 is 0 Å². The Morgan fingerprint density at radius 3 is 2.75 bits per heavy atom. The van der Waals surface area contributed by atoms with Crippen molar-refractivity contribution < 1.29 is 4.79 Å². The molecule has 2 rings (SSSR count). The Hall–Kier alpha value is -1.24. The molecule has 0 radical (unpaired) electrons. The van der Waals surface area contributed by atoms with Crippen molar-refractivity contribution in [2.75, 3.05) is 0 Å². The first-order valence-electron chi connectivity index (χ1n) is 4.28. The normalized spacial score (nSPS) is 11.4. The summed E-state index contributed by atoms with van der Waals surface area (Å²) in [6.45, 7) is 0. The Morgan fingerprint density at radius 2 is 2.12 bits per heavy atom. The van der Waals surface area contributed by atoms with Crippen LogP contribution in [-0.4, -0.2) is 10.3 Å². The number of nitrogens with zero attached hydrogens (tertiary/aromatic N) is 2. The number of carbonyl (C=O) groups excluding carboxylic acids is 1. The van der Waals surface area contributed by atoms with Gasteiger partial charge < -0.3 is 0 Å². The van der Waals surface area contributed by atoms with E-state index in [0.717, 1.165) is 0 Å². The zero-order chi connectivity index (χ0) is 11.4. The maximum absolute atomic E-state index is 11.6. The van der Waals surface area contributed by atoms with Crippen LogP contribution in [0.1, 0.15) is 10.4 Å². The Kier molecular flexibility index (Phi) is 3.66. The second kappa shape index (κ2) is 5.20. The fraction of sp³-hybridized carbons (Fsp3) is 0. The Balaban J connectivity index is 2.13. The fourth-order valence-electron chi connectivity index (χ4n) is 0.980. The maximum Gasteiger partial charge on any atom is 0.271 e. The van der Waals surface area contributed by atoms with Gasteiger partial charge in [-0.3, -0.25) is 4.79 Å². The Morgan fingerprint density at radius 1 is 1.38 bits per heavy atom. The van der Waals surface area contributed by atoms with E-state index in [9.17, 15) is 4.79 Å². The summed E-state index contributed by atoms with van der Waals surface area (Å²) in [6, 6.07) is 8.84. The monoisotopic (exact) mass is 271 g/mol. The van der Waals surface area contributed by atoms with Crippen LogP contribution in [0.25, 0.3) is 0 Å². The highest BCUT2D eigenvalue weighted by Crippen LogP contribution is 2.04. The molecular formula is C9H6ClN3OS2. The lowest BCUT2D eigenvalue weighted by Gasteiger charge is -1.97. The SMILES string of the molecule is O=C(N/N=c1\ssnc1Cl)c1ccccc1. The molecule has 0 atom stereocenters. The van der Waals surface area contributed by atoms with Crippen molar-refractivity contribution in [3.05, 3.63) is 45.7 Å². The number of nitrogens with one attached hydrogen (secondary N) is 1. The zero-order valence-electron chi connectivity index (χ0n) is 7.88. The average Bonchev–Trinajstić information content (AvgIpc) is 2.73. The van der Waals surface area contributed by atoms with E-state index in [4.69, 9.17) is 11.6 Å². The van der Waals surface area contributed by atoms with Crippen LogP contribution in [0.2, 0.25) is 5.15 Å². The van der Waals surface area contributed by atoms with Crippen molar-refractivity contribution in [3.63, 3.8) is 0 Å². The van der Waals surface area contributed by atoms with Crippen molar-refractivity contribution in [2.45, 2.75) is 0 Å². The zero-order valence-corrected chi connectivity index (χ0v) is 10.3. The number of benzene rings is 1. The number of carbonyl (C=O) groups is 1. The minimum Gasteiger partial charge on any atom is -0.267 e. The quantitative estimate of drug-likeness (QED) is 0.672. The van der Waals surface area contributed by atoms with E-state index in [1.807, 2.05) is 6.07 Å². The highest BCUT2D eigenvalue weighted by atomic mass is 35.5. The summed E-state index contributed by atoms with van der Waals surface area (Å²) in [5, 5.41) is 4.19. The average molecular weight is 272 g/mol. The Labute approximate surface area is 104 Å². The van der Waals surface area contributed by atoms with Gasteiger partial charge in [0.25, 0.3) is 5.91 Å². The van der Waals surface area contributed by atoms with Gasteiger partial charge in [0.15, 0.2) is 9.82 Å². The van der Waals surface area contributed by atoms with Gasteiger partial charge in [0.05, 0.1) is 0 Å². The summed E-state index contributed by atoms with van der Waals surface area (Å²) in [5.74, 6) is -0.268. The van der Waals surface area contributed by atoms with Crippen molar-refractivity contribution in [3.8, 4) is 0 Å². The van der Waals surface area contributed by atoms with Crippen molar-refractivity contribution >= 4 is 38.4 Å². The molecule has 1 N–H and O–H groups in total. The molecule has 1 aromatic heterocycles. The molecule has 16 heavy (non-hydrogen) atoms. The molecule has 0 aliphatic carbocycles. The standard InChI is InChI=1S/C9H6ClN3OS2/c10-7-9(15-16-13-7)12-11-8(14)6-4-2-1-3-5-6/h1-5H,(H,11,14)/b12-9-. The van der Waals surface area contributed by atoms with Gasteiger partial charge in [-0.1, -0.05) is 29.8 Å². The van der Waals surface area contributed by atoms with Crippen LogP contribution < -0.4 is 10.1 Å². The molecule has 82 valence electrons. The van der Waals surface area contributed by atoms with Crippen molar-refractivity contribution in [2.24, 2.45) is 5.10 Å². The van der Waals surface area contributed by atoms with E-state index in [1.165, 1.54) is 20.9 Å². The molecule has 0 saturated heterocycles. The summed E-state index contributed by atoms with van der Waals surface area (Å²) in [7, 11) is 2.53. The second-order valence-electron chi connectivity index (χ2n) is 2.76. The first kappa shape index (κ1) is 11.3. The van der Waals surface area contributed by atoms with Crippen LogP contribution in [0.4, 0.5) is 0 Å². The first-order valence-corrected chi connectivity index (χ1v) is 6.76. The van der Waals surface area contributed by atoms with Crippen LogP contribution >= 0.6 is 32.5 Å². The van der Waals surface area contributed by atoms with Gasteiger partial charge >= 0.3 is 0 Å². The summed E-state index contributed by atoms with van der Waals surface area (Å²) in [6.07, 6.45) is 0. The van der Waals surface area contributed by atoms with Gasteiger partial charge in [-0.05, 0) is 22.5 Å². The Bertz CT molecular complexity index is 549. The van der Waals surface area contributed by atoms with E-state index < -0.39 is 0 Å². The molecule has 1 amide bonds. The summed E-state index contributed by atoms with van der Waals surface area (Å²) in [5.41, 5.74) is 2.97. The molecule has 0 saturated carbocycles. The third-order valence-electron chi connectivity index (χ3n) is 1.71. The van der Waals surface area contributed by atoms with E-state index in [2.05, 4.69) is 14.9 Å². The largest absolute Gasteiger partial charge is 0.271 e. The van der Waals surface area contributed by atoms with Gasteiger partial charge in [-0.2, -0.15) is 9.47 Å². The molecule has 1 heterocycles. The van der Waals surface area contributed by atoms with Gasteiger partial charge in [-0.15, -0.1) is 0 Å². The first-order chi connectivity index (χ1) is 7.77. The molecule has 0 fully saturated rings. The lowest BCUT2D eigenvalue weighted by atomic mass is 10.2. The molecule has 2 aromatic rings. The molecule has 0 aliphatic rings. The van der Waals surface area contributed by atoms with E-state index in [0.29, 0.717) is 15.4 Å². The molecule has 0 spiro atoms. The molecular weight excluding hydrogens is 266 g/mol. The third kappa shape index (κ3) is 2.66. The lowest BCUT2D eigenvalue weighted by Crippen LogP contribution is -2.20. The minimum atomic E-state index is -0.268. The predicted molar refractivity (Wildman–Crippen MR) is 64.5 cm³/mol. The molecule has 1 aromatic carbocycles. The fourth-order valence-corrected chi connectivity index (χ4v) is 2.91. The summed E-state index contributed by atoms with van der Waals surface area (Å²) >= 11 is 5.73. The van der Waals surface area contributed by atoms with Crippen LogP contribution in [-0.2, 0) is 0 Å². The maximum atomic E-state index is 11.6. The highest BCUT2D eigenvalue weighted by Gasteiger charge is 2.03. The number of hydrogen-bond acceptors (Lipinski definition) is 5. The van der Waals surface area contributed by atoms with Crippen LogP contribution in [0.3, 0.4) is 0 Å². The second-order valence-corrected chi connectivity index (χ2v) is 4.95. The highest BCUT2D eigenvalue weighted by molar-refractivity contribution is 7.66. The van der Waals surface area contributed by atoms with Gasteiger partial charge in [0, 0.05) is 16.1 Å². The summed E-state index contributed by atoms with van der Waals surface area (Å²) < 4.78 is 4.36. The van der Waals surface area contributed by atoms with Gasteiger partial charge in [-0.25, -0.2) is 5.43 Å². The minimum absolute atomic E-state index is 0.268. The third-order valence-corrected chi connectivity index (χ3v) is 3.88. The predicted octanol–water partition coefficient (Wildman–Crippen LogP) is 2.10. The van der Waals surface area contributed by atoms with Crippen LogP contribution in [0, 0.1) is 0 Å².